The van der Waals surface area contributed by atoms with Crippen LogP contribution in [-0.2, 0) is 4.79 Å². The largest absolute Gasteiger partial charge is 0.323 e. The number of anilines is 2. The summed E-state index contributed by atoms with van der Waals surface area (Å²) in [5, 5.41) is 2.77. The van der Waals surface area contributed by atoms with Gasteiger partial charge in [-0.15, -0.1) is 12.6 Å². The second kappa shape index (κ2) is 5.26. The number of aryl methyl sites for hydroxylation is 1. The topological polar surface area (TPSA) is 49.4 Å². The maximum absolute atomic E-state index is 12.8. The van der Waals surface area contributed by atoms with Gasteiger partial charge in [0.05, 0.1) is 11.4 Å². The third kappa shape index (κ3) is 2.52. The average Bonchev–Trinajstić information content (AvgIpc) is 2.48. The SMILES string of the molecule is Cc1ccc(S)cc1C(=O)N1CC(=O)Nc2ccccc21. The lowest BCUT2D eigenvalue weighted by atomic mass is 10.1. The van der Waals surface area contributed by atoms with Crippen LogP contribution in [-0.4, -0.2) is 18.4 Å². The van der Waals surface area contributed by atoms with Gasteiger partial charge in [0.1, 0.15) is 6.54 Å². The van der Waals surface area contributed by atoms with E-state index in [0.29, 0.717) is 16.9 Å². The van der Waals surface area contributed by atoms with Crippen LogP contribution in [0.5, 0.6) is 0 Å². The van der Waals surface area contributed by atoms with E-state index in [-0.39, 0.29) is 18.4 Å². The van der Waals surface area contributed by atoms with Crippen LogP contribution in [0.15, 0.2) is 47.4 Å². The van der Waals surface area contributed by atoms with Crippen LogP contribution in [0.4, 0.5) is 11.4 Å². The van der Waals surface area contributed by atoms with Gasteiger partial charge < -0.3 is 5.32 Å². The third-order valence-electron chi connectivity index (χ3n) is 3.47. The van der Waals surface area contributed by atoms with Crippen molar-refractivity contribution < 1.29 is 9.59 Å². The summed E-state index contributed by atoms with van der Waals surface area (Å²) >= 11 is 4.28. The molecule has 2 aromatic rings. The second-order valence-electron chi connectivity index (χ2n) is 4.96. The Balaban J connectivity index is 2.06. The molecule has 5 heteroatoms. The highest BCUT2D eigenvalue weighted by atomic mass is 32.1. The van der Waals surface area contributed by atoms with Crippen LogP contribution in [0, 0.1) is 6.92 Å². The zero-order chi connectivity index (χ0) is 15.0. The summed E-state index contributed by atoms with van der Waals surface area (Å²) in [6, 6.07) is 12.7. The standard InChI is InChI=1S/C16H14N2O2S/c1-10-6-7-11(21)8-12(10)16(20)18-9-15(19)17-13-4-2-3-5-14(13)18/h2-8,21H,9H2,1H3,(H,17,19). The molecule has 0 atom stereocenters. The first-order valence-corrected chi connectivity index (χ1v) is 7.01. The zero-order valence-electron chi connectivity index (χ0n) is 11.5. The fourth-order valence-electron chi connectivity index (χ4n) is 2.40. The van der Waals surface area contributed by atoms with Gasteiger partial charge in [0.15, 0.2) is 0 Å². The number of rotatable bonds is 1. The van der Waals surface area contributed by atoms with E-state index in [0.717, 1.165) is 10.5 Å². The van der Waals surface area contributed by atoms with Gasteiger partial charge in [0, 0.05) is 10.5 Å². The van der Waals surface area contributed by atoms with E-state index >= 15 is 0 Å². The molecule has 2 aromatic carbocycles. The lowest BCUT2D eigenvalue weighted by Crippen LogP contribution is -2.42. The van der Waals surface area contributed by atoms with E-state index in [1.807, 2.05) is 37.3 Å². The molecule has 1 aliphatic rings. The molecule has 2 amide bonds. The summed E-state index contributed by atoms with van der Waals surface area (Å²) in [5.74, 6) is -0.382. The predicted molar refractivity (Wildman–Crippen MR) is 85.2 cm³/mol. The minimum Gasteiger partial charge on any atom is -0.323 e. The van der Waals surface area contributed by atoms with E-state index in [4.69, 9.17) is 0 Å². The van der Waals surface area contributed by atoms with E-state index in [1.54, 1.807) is 12.1 Å². The van der Waals surface area contributed by atoms with Gasteiger partial charge >= 0.3 is 0 Å². The van der Waals surface area contributed by atoms with Gasteiger partial charge in [-0.3, -0.25) is 14.5 Å². The molecule has 4 nitrogen and oxygen atoms in total. The fourth-order valence-corrected chi connectivity index (χ4v) is 2.60. The van der Waals surface area contributed by atoms with Gasteiger partial charge in [0.2, 0.25) is 5.91 Å². The molecule has 0 fully saturated rings. The van der Waals surface area contributed by atoms with Crippen molar-refractivity contribution in [1.29, 1.82) is 0 Å². The molecule has 0 unspecified atom stereocenters. The fraction of sp³-hybridized carbons (Fsp3) is 0.125. The van der Waals surface area contributed by atoms with Crippen molar-refractivity contribution in [3.05, 3.63) is 53.6 Å². The van der Waals surface area contributed by atoms with Crippen LogP contribution >= 0.6 is 12.6 Å². The monoisotopic (exact) mass is 298 g/mol. The normalized spacial score (nSPS) is 13.6. The zero-order valence-corrected chi connectivity index (χ0v) is 12.4. The minimum atomic E-state index is -0.193. The molecule has 0 saturated carbocycles. The van der Waals surface area contributed by atoms with Crippen LogP contribution in [0.25, 0.3) is 0 Å². The van der Waals surface area contributed by atoms with Gasteiger partial charge in [0.25, 0.3) is 5.91 Å². The van der Waals surface area contributed by atoms with Crippen molar-refractivity contribution in [3.8, 4) is 0 Å². The summed E-state index contributed by atoms with van der Waals surface area (Å²) in [6.07, 6.45) is 0. The number of hydrogen-bond acceptors (Lipinski definition) is 3. The molecule has 0 radical (unpaired) electrons. The molecule has 0 saturated heterocycles. The first-order valence-electron chi connectivity index (χ1n) is 6.56. The quantitative estimate of drug-likeness (QED) is 0.795. The van der Waals surface area contributed by atoms with Crippen LogP contribution in [0.3, 0.4) is 0 Å². The van der Waals surface area contributed by atoms with Crippen molar-refractivity contribution in [2.24, 2.45) is 0 Å². The molecule has 3 rings (SSSR count). The highest BCUT2D eigenvalue weighted by molar-refractivity contribution is 7.80. The van der Waals surface area contributed by atoms with Crippen molar-refractivity contribution in [1.82, 2.24) is 0 Å². The van der Waals surface area contributed by atoms with E-state index < -0.39 is 0 Å². The molecule has 0 aliphatic carbocycles. The number of amides is 2. The molecule has 1 heterocycles. The van der Waals surface area contributed by atoms with Gasteiger partial charge in [-0.25, -0.2) is 0 Å². The smallest absolute Gasteiger partial charge is 0.259 e. The number of nitrogens with zero attached hydrogens (tertiary/aromatic N) is 1. The number of carbonyl (C=O) groups excluding carboxylic acids is 2. The highest BCUT2D eigenvalue weighted by Crippen LogP contribution is 2.30. The second-order valence-corrected chi connectivity index (χ2v) is 5.47. The summed E-state index contributed by atoms with van der Waals surface area (Å²) in [4.78, 5) is 26.8. The van der Waals surface area contributed by atoms with Crippen molar-refractivity contribution in [3.63, 3.8) is 0 Å². The third-order valence-corrected chi connectivity index (χ3v) is 3.75. The first kappa shape index (κ1) is 13.7. The summed E-state index contributed by atoms with van der Waals surface area (Å²) in [6.45, 7) is 1.89. The number of thiol groups is 1. The van der Waals surface area contributed by atoms with Gasteiger partial charge in [-0.1, -0.05) is 18.2 Å². The maximum Gasteiger partial charge on any atom is 0.259 e. The van der Waals surface area contributed by atoms with Crippen molar-refractivity contribution >= 4 is 35.8 Å². The van der Waals surface area contributed by atoms with Crippen LogP contribution < -0.4 is 10.2 Å². The lowest BCUT2D eigenvalue weighted by molar-refractivity contribution is -0.115. The first-order chi connectivity index (χ1) is 10.1. The summed E-state index contributed by atoms with van der Waals surface area (Å²) in [7, 11) is 0. The molecule has 0 aromatic heterocycles. The predicted octanol–water partition coefficient (Wildman–Crippen LogP) is 2.88. The number of nitrogens with one attached hydrogen (secondary N) is 1. The number of para-hydroxylation sites is 2. The lowest BCUT2D eigenvalue weighted by Gasteiger charge is -2.29. The Morgan fingerprint density at radius 1 is 1.24 bits per heavy atom. The van der Waals surface area contributed by atoms with E-state index in [9.17, 15) is 9.59 Å². The summed E-state index contributed by atoms with van der Waals surface area (Å²) in [5.41, 5.74) is 2.79. The van der Waals surface area contributed by atoms with Crippen LogP contribution in [0.1, 0.15) is 15.9 Å². The Labute approximate surface area is 128 Å². The molecule has 0 bridgehead atoms. The number of hydrogen-bond donors (Lipinski definition) is 2. The minimum absolute atomic E-state index is 0.0199. The van der Waals surface area contributed by atoms with Crippen LogP contribution in [0.2, 0.25) is 0 Å². The average molecular weight is 298 g/mol. The Bertz CT molecular complexity index is 743. The summed E-state index contributed by atoms with van der Waals surface area (Å²) < 4.78 is 0. The molecule has 1 N–H and O–H groups in total. The van der Waals surface area contributed by atoms with E-state index in [2.05, 4.69) is 17.9 Å². The molecule has 1 aliphatic heterocycles. The molecule has 21 heavy (non-hydrogen) atoms. The molecule has 0 spiro atoms. The number of carbonyl (C=O) groups is 2. The molecular weight excluding hydrogens is 284 g/mol. The molecule has 106 valence electrons. The number of fused-ring (bicyclic) bond motifs is 1. The Kier molecular flexibility index (Phi) is 3.43. The van der Waals surface area contributed by atoms with Crippen molar-refractivity contribution in [2.75, 3.05) is 16.8 Å². The van der Waals surface area contributed by atoms with Crippen molar-refractivity contribution in [2.45, 2.75) is 11.8 Å². The van der Waals surface area contributed by atoms with Gasteiger partial charge in [-0.2, -0.15) is 0 Å². The Morgan fingerprint density at radius 3 is 2.81 bits per heavy atom. The van der Waals surface area contributed by atoms with E-state index in [1.165, 1.54) is 4.90 Å². The van der Waals surface area contributed by atoms with Gasteiger partial charge in [-0.05, 0) is 36.8 Å². The Hall–Kier alpha value is -2.27. The highest BCUT2D eigenvalue weighted by Gasteiger charge is 2.28. The number of benzene rings is 2. The Morgan fingerprint density at radius 2 is 2.00 bits per heavy atom. The maximum atomic E-state index is 12.8. The molecular formula is C16H14N2O2S.